The summed E-state index contributed by atoms with van der Waals surface area (Å²) in [5, 5.41) is 5.82. The first-order chi connectivity index (χ1) is 6.81. The Bertz CT molecular complexity index is 259. The molecule has 1 amide bonds. The van der Waals surface area contributed by atoms with Gasteiger partial charge in [-0.25, -0.2) is 0 Å². The number of nitrogens with one attached hydrogen (secondary N) is 2. The third-order valence-corrected chi connectivity index (χ3v) is 2.57. The first-order valence-electron chi connectivity index (χ1n) is 5.01. The van der Waals surface area contributed by atoms with Crippen molar-refractivity contribution >= 4 is 11.9 Å². The second kappa shape index (κ2) is 3.96. The Hall–Kier alpha value is -1.10. The number of aliphatic imine (C=N–C) groups is 1. The summed E-state index contributed by atoms with van der Waals surface area (Å²) in [4.78, 5) is 15.7. The molecule has 0 saturated carbocycles. The van der Waals surface area contributed by atoms with Gasteiger partial charge in [-0.1, -0.05) is 0 Å². The molecular formula is C9H15N3O2. The fraction of sp³-hybridized carbons (Fsp3) is 0.778. The number of nitrogens with zero attached hydrogens (tertiary/aromatic N) is 1. The summed E-state index contributed by atoms with van der Waals surface area (Å²) in [6, 6.07) is -0.150. The van der Waals surface area contributed by atoms with E-state index in [1.165, 1.54) is 0 Å². The van der Waals surface area contributed by atoms with Crippen molar-refractivity contribution < 1.29 is 9.53 Å². The number of guanidine groups is 1. The van der Waals surface area contributed by atoms with E-state index in [2.05, 4.69) is 15.6 Å². The highest BCUT2D eigenvalue weighted by atomic mass is 16.5. The number of carbonyl (C=O) groups excluding carboxylic acids is 1. The van der Waals surface area contributed by atoms with Crippen LogP contribution in [0.4, 0.5) is 0 Å². The van der Waals surface area contributed by atoms with Gasteiger partial charge in [0.05, 0.1) is 6.61 Å². The molecule has 0 aromatic carbocycles. The van der Waals surface area contributed by atoms with Crippen LogP contribution in [0.3, 0.4) is 0 Å². The van der Waals surface area contributed by atoms with Gasteiger partial charge in [-0.3, -0.25) is 15.1 Å². The lowest BCUT2D eigenvalue weighted by Gasteiger charge is -2.13. The molecule has 2 unspecified atom stereocenters. The molecule has 0 aromatic heterocycles. The number of rotatable bonds is 2. The lowest BCUT2D eigenvalue weighted by atomic mass is 10.00. The average molecular weight is 197 g/mol. The maximum atomic E-state index is 11.5. The minimum atomic E-state index is -0.150. The maximum Gasteiger partial charge on any atom is 0.249 e. The highest BCUT2D eigenvalue weighted by Gasteiger charge is 2.36. The van der Waals surface area contributed by atoms with Gasteiger partial charge in [0.15, 0.2) is 5.96 Å². The molecule has 2 heterocycles. The second-order valence-electron chi connectivity index (χ2n) is 3.56. The standard InChI is InChI=1S/C9H15N3O2/c1-2-10-9-11-7(8(13)12-9)6-3-4-14-5-6/h6-7H,2-5H2,1H3,(H2,10,11,12,13). The molecule has 2 atom stereocenters. The Morgan fingerprint density at radius 2 is 2.50 bits per heavy atom. The lowest BCUT2D eigenvalue weighted by Crippen LogP contribution is -2.37. The molecule has 5 nitrogen and oxygen atoms in total. The van der Waals surface area contributed by atoms with Gasteiger partial charge in [0, 0.05) is 19.1 Å². The van der Waals surface area contributed by atoms with E-state index in [4.69, 9.17) is 4.74 Å². The molecule has 2 saturated heterocycles. The van der Waals surface area contributed by atoms with Gasteiger partial charge in [0.2, 0.25) is 5.91 Å². The molecule has 0 spiro atoms. The largest absolute Gasteiger partial charge is 0.381 e. The van der Waals surface area contributed by atoms with E-state index in [-0.39, 0.29) is 11.9 Å². The molecule has 2 aliphatic heterocycles. The van der Waals surface area contributed by atoms with Crippen LogP contribution in [-0.2, 0) is 9.53 Å². The number of ether oxygens (including phenoxy) is 1. The molecular weight excluding hydrogens is 182 g/mol. The normalized spacial score (nSPS) is 34.6. The first-order valence-corrected chi connectivity index (χ1v) is 5.01. The van der Waals surface area contributed by atoms with Crippen molar-refractivity contribution in [2.45, 2.75) is 19.4 Å². The Morgan fingerprint density at radius 1 is 1.64 bits per heavy atom. The average Bonchev–Trinajstić information content (AvgIpc) is 2.74. The molecule has 2 aliphatic rings. The predicted molar refractivity (Wildman–Crippen MR) is 52.0 cm³/mol. The highest BCUT2D eigenvalue weighted by Crippen LogP contribution is 2.18. The van der Waals surface area contributed by atoms with Gasteiger partial charge in [0.1, 0.15) is 6.04 Å². The summed E-state index contributed by atoms with van der Waals surface area (Å²) in [5.74, 6) is 0.918. The van der Waals surface area contributed by atoms with Crippen molar-refractivity contribution in [2.75, 3.05) is 19.8 Å². The fourth-order valence-corrected chi connectivity index (χ4v) is 1.83. The van der Waals surface area contributed by atoms with Crippen LogP contribution in [0.15, 0.2) is 4.99 Å². The Kier molecular flexibility index (Phi) is 2.67. The fourth-order valence-electron chi connectivity index (χ4n) is 1.83. The van der Waals surface area contributed by atoms with Crippen molar-refractivity contribution in [2.24, 2.45) is 10.9 Å². The predicted octanol–water partition coefficient (Wildman–Crippen LogP) is -0.513. The molecule has 78 valence electrons. The number of carbonyl (C=O) groups is 1. The molecule has 0 bridgehead atoms. The summed E-state index contributed by atoms with van der Waals surface area (Å²) in [6.07, 6.45) is 0.949. The minimum Gasteiger partial charge on any atom is -0.381 e. The van der Waals surface area contributed by atoms with Gasteiger partial charge in [-0.05, 0) is 13.3 Å². The van der Waals surface area contributed by atoms with Crippen molar-refractivity contribution in [3.05, 3.63) is 0 Å². The number of amides is 1. The van der Waals surface area contributed by atoms with E-state index in [9.17, 15) is 4.79 Å². The summed E-state index contributed by atoms with van der Waals surface area (Å²) < 4.78 is 5.25. The van der Waals surface area contributed by atoms with Crippen LogP contribution in [0.5, 0.6) is 0 Å². The van der Waals surface area contributed by atoms with Crippen LogP contribution in [0.25, 0.3) is 0 Å². The molecule has 0 radical (unpaired) electrons. The van der Waals surface area contributed by atoms with E-state index in [1.807, 2.05) is 6.92 Å². The maximum absolute atomic E-state index is 11.5. The van der Waals surface area contributed by atoms with Crippen LogP contribution < -0.4 is 10.6 Å². The SMILES string of the molecule is CCN=C1NC(=O)C(C2CCOC2)N1. The van der Waals surface area contributed by atoms with Crippen LogP contribution in [0.2, 0.25) is 0 Å². The zero-order valence-corrected chi connectivity index (χ0v) is 8.25. The van der Waals surface area contributed by atoms with Gasteiger partial charge < -0.3 is 10.1 Å². The number of hydrogen-bond acceptors (Lipinski definition) is 3. The monoisotopic (exact) mass is 197 g/mol. The second-order valence-corrected chi connectivity index (χ2v) is 3.56. The van der Waals surface area contributed by atoms with Crippen molar-refractivity contribution in [3.63, 3.8) is 0 Å². The van der Waals surface area contributed by atoms with Crippen LogP contribution in [0.1, 0.15) is 13.3 Å². The summed E-state index contributed by atoms with van der Waals surface area (Å²) in [7, 11) is 0. The Labute approximate surface area is 82.9 Å². The lowest BCUT2D eigenvalue weighted by molar-refractivity contribution is -0.121. The summed E-state index contributed by atoms with van der Waals surface area (Å²) in [5.41, 5.74) is 0. The third-order valence-electron chi connectivity index (χ3n) is 2.57. The van der Waals surface area contributed by atoms with Gasteiger partial charge >= 0.3 is 0 Å². The molecule has 14 heavy (non-hydrogen) atoms. The van der Waals surface area contributed by atoms with Crippen molar-refractivity contribution in [3.8, 4) is 0 Å². The van der Waals surface area contributed by atoms with Gasteiger partial charge in [-0.2, -0.15) is 0 Å². The third kappa shape index (κ3) is 1.72. The van der Waals surface area contributed by atoms with E-state index < -0.39 is 0 Å². The van der Waals surface area contributed by atoms with Crippen LogP contribution in [-0.4, -0.2) is 37.7 Å². The highest BCUT2D eigenvalue weighted by molar-refractivity contribution is 6.06. The number of hydrogen-bond donors (Lipinski definition) is 2. The van der Waals surface area contributed by atoms with Crippen LogP contribution >= 0.6 is 0 Å². The van der Waals surface area contributed by atoms with Crippen LogP contribution in [0, 0.1) is 5.92 Å². The molecule has 2 N–H and O–H groups in total. The Balaban J connectivity index is 2.00. The van der Waals surface area contributed by atoms with Gasteiger partial charge in [-0.15, -0.1) is 0 Å². The topological polar surface area (TPSA) is 62.7 Å². The van der Waals surface area contributed by atoms with E-state index in [0.717, 1.165) is 13.0 Å². The molecule has 2 rings (SSSR count). The zero-order chi connectivity index (χ0) is 9.97. The Morgan fingerprint density at radius 3 is 3.14 bits per heavy atom. The smallest absolute Gasteiger partial charge is 0.249 e. The van der Waals surface area contributed by atoms with Crippen molar-refractivity contribution in [1.82, 2.24) is 10.6 Å². The first kappa shape index (κ1) is 9.45. The molecule has 0 aliphatic carbocycles. The molecule has 0 aromatic rings. The van der Waals surface area contributed by atoms with E-state index >= 15 is 0 Å². The quantitative estimate of drug-likeness (QED) is 0.626. The summed E-state index contributed by atoms with van der Waals surface area (Å²) in [6.45, 7) is 4.05. The van der Waals surface area contributed by atoms with E-state index in [0.29, 0.717) is 25.0 Å². The zero-order valence-electron chi connectivity index (χ0n) is 8.25. The molecule has 5 heteroatoms. The molecule has 2 fully saturated rings. The van der Waals surface area contributed by atoms with Crippen molar-refractivity contribution in [1.29, 1.82) is 0 Å². The summed E-state index contributed by atoms with van der Waals surface area (Å²) >= 11 is 0. The minimum absolute atomic E-state index is 0.0210. The van der Waals surface area contributed by atoms with Gasteiger partial charge in [0.25, 0.3) is 0 Å². The van der Waals surface area contributed by atoms with E-state index in [1.54, 1.807) is 0 Å².